The Morgan fingerprint density at radius 1 is 1.33 bits per heavy atom. The lowest BCUT2D eigenvalue weighted by Gasteiger charge is -2.23. The van der Waals surface area contributed by atoms with Crippen molar-refractivity contribution in [3.05, 3.63) is 28.2 Å². The normalized spacial score (nSPS) is 17.7. The first-order valence-corrected chi connectivity index (χ1v) is 8.32. The number of sulfonamides is 1. The number of rotatable bonds is 3. The number of halogens is 1. The van der Waals surface area contributed by atoms with Crippen molar-refractivity contribution in [2.75, 3.05) is 17.8 Å². The summed E-state index contributed by atoms with van der Waals surface area (Å²) >= 11 is 3.42. The second-order valence-corrected chi connectivity index (χ2v) is 7.29. The van der Waals surface area contributed by atoms with Crippen molar-refractivity contribution >= 4 is 31.6 Å². The maximum Gasteiger partial charge on any atom is 0.235 e. The predicted molar refractivity (Wildman–Crippen MR) is 77.3 cm³/mol. The lowest BCUT2D eigenvalue weighted by molar-refractivity contribution is 0.499. The highest BCUT2D eigenvalue weighted by atomic mass is 79.9. The average Bonchev–Trinajstić information content (AvgIpc) is 2.36. The van der Waals surface area contributed by atoms with E-state index in [0.717, 1.165) is 23.1 Å². The van der Waals surface area contributed by atoms with Gasteiger partial charge in [-0.05, 0) is 60.4 Å². The van der Waals surface area contributed by atoms with Gasteiger partial charge in [0, 0.05) is 4.47 Å². The molecule has 100 valence electrons. The van der Waals surface area contributed by atoms with Crippen LogP contribution in [0.25, 0.3) is 0 Å². The molecule has 1 aliphatic rings. The molecule has 1 saturated heterocycles. The van der Waals surface area contributed by atoms with Gasteiger partial charge in [-0.2, -0.15) is 0 Å². The number of nitrogens with one attached hydrogen (secondary N) is 2. The number of aryl methyl sites for hydroxylation is 1. The van der Waals surface area contributed by atoms with E-state index in [4.69, 9.17) is 0 Å². The molecule has 0 bridgehead atoms. The third-order valence-electron chi connectivity index (χ3n) is 3.17. The van der Waals surface area contributed by atoms with Crippen LogP contribution in [0.5, 0.6) is 0 Å². The first-order valence-electron chi connectivity index (χ1n) is 5.98. The van der Waals surface area contributed by atoms with E-state index in [9.17, 15) is 8.42 Å². The molecule has 1 heterocycles. The van der Waals surface area contributed by atoms with Gasteiger partial charge in [-0.25, -0.2) is 8.42 Å². The minimum Gasteiger partial charge on any atom is -0.317 e. The topological polar surface area (TPSA) is 58.2 Å². The standard InChI is InChI=1S/C12H17BrN2O2S/c1-9-3-2-4-11(12(9)13)15-18(16,17)10-5-7-14-8-6-10/h2-4,10,14-15H,5-8H2,1H3. The molecule has 1 aromatic carbocycles. The van der Waals surface area contributed by atoms with Crippen molar-refractivity contribution < 1.29 is 8.42 Å². The Morgan fingerprint density at radius 2 is 2.00 bits per heavy atom. The lowest BCUT2D eigenvalue weighted by atomic mass is 10.2. The van der Waals surface area contributed by atoms with Gasteiger partial charge < -0.3 is 5.32 Å². The predicted octanol–water partition coefficient (Wildman–Crippen LogP) is 2.25. The summed E-state index contributed by atoms with van der Waals surface area (Å²) in [5.41, 5.74) is 1.63. The molecule has 0 aromatic heterocycles. The Balaban J connectivity index is 2.19. The molecule has 0 radical (unpaired) electrons. The van der Waals surface area contributed by atoms with Crippen molar-refractivity contribution in [1.29, 1.82) is 0 Å². The number of benzene rings is 1. The highest BCUT2D eigenvalue weighted by molar-refractivity contribution is 9.10. The van der Waals surface area contributed by atoms with E-state index >= 15 is 0 Å². The molecular formula is C12H17BrN2O2S. The Kier molecular flexibility index (Phi) is 4.29. The summed E-state index contributed by atoms with van der Waals surface area (Å²) in [6.45, 7) is 3.47. The van der Waals surface area contributed by atoms with Gasteiger partial charge in [0.05, 0.1) is 10.9 Å². The zero-order valence-electron chi connectivity index (χ0n) is 10.2. The number of hydrogen-bond acceptors (Lipinski definition) is 3. The SMILES string of the molecule is Cc1cccc(NS(=O)(=O)C2CCNCC2)c1Br. The molecule has 2 rings (SSSR count). The van der Waals surface area contributed by atoms with Gasteiger partial charge >= 0.3 is 0 Å². The minimum atomic E-state index is -3.30. The number of piperidine rings is 1. The van der Waals surface area contributed by atoms with Gasteiger partial charge in [0.15, 0.2) is 0 Å². The quantitative estimate of drug-likeness (QED) is 0.892. The molecule has 0 spiro atoms. The van der Waals surface area contributed by atoms with Crippen LogP contribution in [0.2, 0.25) is 0 Å². The van der Waals surface area contributed by atoms with Crippen molar-refractivity contribution in [1.82, 2.24) is 5.32 Å². The van der Waals surface area contributed by atoms with E-state index in [-0.39, 0.29) is 5.25 Å². The Hall–Kier alpha value is -0.590. The maximum atomic E-state index is 12.3. The van der Waals surface area contributed by atoms with Crippen LogP contribution in [0.1, 0.15) is 18.4 Å². The fourth-order valence-corrected chi connectivity index (χ4v) is 4.06. The Morgan fingerprint density at radius 3 is 2.67 bits per heavy atom. The van der Waals surface area contributed by atoms with E-state index in [1.807, 2.05) is 19.1 Å². The minimum absolute atomic E-state index is 0.300. The first kappa shape index (κ1) is 13.8. The van der Waals surface area contributed by atoms with Gasteiger partial charge in [-0.1, -0.05) is 12.1 Å². The summed E-state index contributed by atoms with van der Waals surface area (Å²) in [6, 6.07) is 5.56. The third-order valence-corrected chi connectivity index (χ3v) is 6.08. The molecular weight excluding hydrogens is 316 g/mol. The van der Waals surface area contributed by atoms with Gasteiger partial charge in [-0.15, -0.1) is 0 Å². The van der Waals surface area contributed by atoms with Crippen molar-refractivity contribution in [3.8, 4) is 0 Å². The molecule has 1 aromatic rings. The second-order valence-electron chi connectivity index (χ2n) is 4.53. The van der Waals surface area contributed by atoms with Gasteiger partial charge in [0.1, 0.15) is 0 Å². The average molecular weight is 333 g/mol. The molecule has 4 nitrogen and oxygen atoms in total. The van der Waals surface area contributed by atoms with E-state index in [0.29, 0.717) is 18.5 Å². The van der Waals surface area contributed by atoms with Crippen molar-refractivity contribution in [3.63, 3.8) is 0 Å². The molecule has 18 heavy (non-hydrogen) atoms. The van der Waals surface area contributed by atoms with Crippen molar-refractivity contribution in [2.24, 2.45) is 0 Å². The first-order chi connectivity index (χ1) is 8.50. The van der Waals surface area contributed by atoms with Crippen molar-refractivity contribution in [2.45, 2.75) is 25.0 Å². The second kappa shape index (κ2) is 5.59. The zero-order valence-corrected chi connectivity index (χ0v) is 12.6. The van der Waals surface area contributed by atoms with Crippen LogP contribution in [-0.4, -0.2) is 26.8 Å². The van der Waals surface area contributed by atoms with E-state index in [2.05, 4.69) is 26.0 Å². The molecule has 0 amide bonds. The smallest absolute Gasteiger partial charge is 0.235 e. The molecule has 0 unspecified atom stereocenters. The van der Waals surface area contributed by atoms with Crippen LogP contribution in [0.4, 0.5) is 5.69 Å². The summed E-state index contributed by atoms with van der Waals surface area (Å²) in [5, 5.41) is 2.87. The largest absolute Gasteiger partial charge is 0.317 e. The van der Waals surface area contributed by atoms with Crippen LogP contribution in [0, 0.1) is 6.92 Å². The van der Waals surface area contributed by atoms with E-state index in [1.54, 1.807) is 6.07 Å². The van der Waals surface area contributed by atoms with Crippen LogP contribution in [0.15, 0.2) is 22.7 Å². The van der Waals surface area contributed by atoms with Crippen LogP contribution in [0.3, 0.4) is 0 Å². The number of hydrogen-bond donors (Lipinski definition) is 2. The zero-order chi connectivity index (χ0) is 13.2. The molecule has 1 aliphatic heterocycles. The van der Waals surface area contributed by atoms with Crippen LogP contribution < -0.4 is 10.0 Å². The van der Waals surface area contributed by atoms with Gasteiger partial charge in [0.2, 0.25) is 10.0 Å². The molecule has 0 atom stereocenters. The monoisotopic (exact) mass is 332 g/mol. The number of anilines is 1. The lowest BCUT2D eigenvalue weighted by Crippen LogP contribution is -2.38. The highest BCUT2D eigenvalue weighted by Gasteiger charge is 2.27. The van der Waals surface area contributed by atoms with Crippen LogP contribution >= 0.6 is 15.9 Å². The molecule has 2 N–H and O–H groups in total. The third kappa shape index (κ3) is 3.05. The molecule has 0 aliphatic carbocycles. The summed E-state index contributed by atoms with van der Waals surface area (Å²) < 4.78 is 28.0. The fraction of sp³-hybridized carbons (Fsp3) is 0.500. The Bertz CT molecular complexity index is 525. The fourth-order valence-electron chi connectivity index (χ4n) is 2.07. The Labute approximate surface area is 116 Å². The van der Waals surface area contributed by atoms with E-state index < -0.39 is 10.0 Å². The molecule has 6 heteroatoms. The molecule has 1 fully saturated rings. The summed E-state index contributed by atoms with van der Waals surface area (Å²) in [7, 11) is -3.30. The van der Waals surface area contributed by atoms with Crippen LogP contribution in [-0.2, 0) is 10.0 Å². The van der Waals surface area contributed by atoms with Gasteiger partial charge in [-0.3, -0.25) is 4.72 Å². The summed E-state index contributed by atoms with van der Waals surface area (Å²) in [6.07, 6.45) is 1.33. The highest BCUT2D eigenvalue weighted by Crippen LogP contribution is 2.28. The van der Waals surface area contributed by atoms with E-state index in [1.165, 1.54) is 0 Å². The van der Waals surface area contributed by atoms with Gasteiger partial charge in [0.25, 0.3) is 0 Å². The summed E-state index contributed by atoms with van der Waals surface area (Å²) in [5.74, 6) is 0. The maximum absolute atomic E-state index is 12.3. The summed E-state index contributed by atoms with van der Waals surface area (Å²) in [4.78, 5) is 0. The molecule has 0 saturated carbocycles.